The van der Waals surface area contributed by atoms with Crippen LogP contribution >= 0.6 is 0 Å². The lowest BCUT2D eigenvalue weighted by Crippen LogP contribution is -2.19. The van der Waals surface area contributed by atoms with Crippen LogP contribution in [-0.2, 0) is 0 Å². The Hall–Kier alpha value is -0.560. The molecule has 14 heavy (non-hydrogen) atoms. The van der Waals surface area contributed by atoms with Crippen LogP contribution in [0.2, 0.25) is 0 Å². The van der Waals surface area contributed by atoms with E-state index in [2.05, 4.69) is 32.9 Å². The predicted octanol–water partition coefficient (Wildman–Crippen LogP) is 3.45. The molecule has 1 heteroatoms. The highest BCUT2D eigenvalue weighted by atomic mass is 16.3. The van der Waals surface area contributed by atoms with E-state index in [1.165, 1.54) is 24.0 Å². The second-order valence-electron chi connectivity index (χ2n) is 5.01. The van der Waals surface area contributed by atoms with E-state index in [-0.39, 0.29) is 11.5 Å². The molecule has 0 bridgehead atoms. The number of hydrogen-bond acceptors (Lipinski definition) is 1. The van der Waals surface area contributed by atoms with Gasteiger partial charge in [-0.05, 0) is 44.1 Å². The van der Waals surface area contributed by atoms with Crippen LogP contribution in [0, 0.1) is 5.41 Å². The zero-order chi connectivity index (χ0) is 10.8. The van der Waals surface area contributed by atoms with Crippen LogP contribution in [0.15, 0.2) is 23.3 Å². The van der Waals surface area contributed by atoms with E-state index in [4.69, 9.17) is 0 Å². The lowest BCUT2D eigenvalue weighted by atomic mass is 9.73. The highest BCUT2D eigenvalue weighted by Crippen LogP contribution is 2.40. The highest BCUT2D eigenvalue weighted by Gasteiger charge is 2.26. The molecule has 0 radical (unpaired) electrons. The van der Waals surface area contributed by atoms with Crippen molar-refractivity contribution >= 4 is 0 Å². The first kappa shape index (κ1) is 11.5. The van der Waals surface area contributed by atoms with Gasteiger partial charge in [0, 0.05) is 0 Å². The van der Waals surface area contributed by atoms with Crippen molar-refractivity contribution in [1.29, 1.82) is 0 Å². The van der Waals surface area contributed by atoms with Gasteiger partial charge in [-0.1, -0.05) is 31.6 Å². The summed E-state index contributed by atoms with van der Waals surface area (Å²) in [6.45, 7) is 8.59. The highest BCUT2D eigenvalue weighted by molar-refractivity contribution is 5.36. The van der Waals surface area contributed by atoms with Crippen molar-refractivity contribution < 1.29 is 5.11 Å². The molecule has 0 aromatic rings. The Labute approximate surface area is 87.5 Å². The minimum absolute atomic E-state index is 0.229. The van der Waals surface area contributed by atoms with Gasteiger partial charge in [-0.15, -0.1) is 0 Å². The van der Waals surface area contributed by atoms with Crippen LogP contribution in [0.3, 0.4) is 0 Å². The van der Waals surface area contributed by atoms with Crippen LogP contribution in [-0.4, -0.2) is 11.2 Å². The average Bonchev–Trinajstić information content (AvgIpc) is 2.01. The Morgan fingerprint density at radius 1 is 1.57 bits per heavy atom. The summed E-state index contributed by atoms with van der Waals surface area (Å²) in [4.78, 5) is 0. The van der Waals surface area contributed by atoms with Gasteiger partial charge in [-0.25, -0.2) is 0 Å². The van der Waals surface area contributed by atoms with Crippen LogP contribution in [0.1, 0.15) is 47.0 Å². The van der Waals surface area contributed by atoms with Crippen molar-refractivity contribution in [2.75, 3.05) is 0 Å². The SMILES string of the molecule is CC1=CCCC(C)(C)/C1=C\CC(C)O. The third-order valence-corrected chi connectivity index (χ3v) is 3.04. The average molecular weight is 194 g/mol. The lowest BCUT2D eigenvalue weighted by Gasteiger charge is -2.32. The standard InChI is InChI=1S/C13H22O/c1-10-6-5-9-13(3,4)12(10)8-7-11(2)14/h6,8,11,14H,5,7,9H2,1-4H3/b12-8-. The van der Waals surface area contributed by atoms with Gasteiger partial charge in [0.05, 0.1) is 6.10 Å². The summed E-state index contributed by atoms with van der Waals surface area (Å²) in [6, 6.07) is 0. The summed E-state index contributed by atoms with van der Waals surface area (Å²) in [7, 11) is 0. The fourth-order valence-electron chi connectivity index (χ4n) is 2.15. The lowest BCUT2D eigenvalue weighted by molar-refractivity contribution is 0.197. The number of aliphatic hydroxyl groups excluding tert-OH is 1. The zero-order valence-corrected chi connectivity index (χ0v) is 9.80. The normalized spacial score (nSPS) is 26.1. The minimum atomic E-state index is -0.229. The summed E-state index contributed by atoms with van der Waals surface area (Å²) in [5.74, 6) is 0. The molecule has 1 atom stereocenters. The first-order chi connectivity index (χ1) is 6.43. The van der Waals surface area contributed by atoms with Gasteiger partial charge in [0.1, 0.15) is 0 Å². The molecule has 0 aromatic heterocycles. The Morgan fingerprint density at radius 3 is 2.71 bits per heavy atom. The van der Waals surface area contributed by atoms with Crippen LogP contribution in [0.25, 0.3) is 0 Å². The summed E-state index contributed by atoms with van der Waals surface area (Å²) in [6.07, 6.45) is 7.45. The first-order valence-corrected chi connectivity index (χ1v) is 5.49. The van der Waals surface area contributed by atoms with Gasteiger partial charge in [0.2, 0.25) is 0 Å². The van der Waals surface area contributed by atoms with E-state index >= 15 is 0 Å². The Morgan fingerprint density at radius 2 is 2.21 bits per heavy atom. The number of allylic oxidation sites excluding steroid dienone is 3. The number of aliphatic hydroxyl groups is 1. The number of hydrogen-bond donors (Lipinski definition) is 1. The molecule has 1 N–H and O–H groups in total. The predicted molar refractivity (Wildman–Crippen MR) is 61.2 cm³/mol. The Bertz CT molecular complexity index is 256. The quantitative estimate of drug-likeness (QED) is 0.714. The fraction of sp³-hybridized carbons (Fsp3) is 0.692. The largest absolute Gasteiger partial charge is 0.393 e. The van der Waals surface area contributed by atoms with Crippen LogP contribution in [0.5, 0.6) is 0 Å². The van der Waals surface area contributed by atoms with E-state index in [1.807, 2.05) is 6.92 Å². The maximum absolute atomic E-state index is 9.28. The smallest absolute Gasteiger partial charge is 0.0546 e. The molecule has 0 heterocycles. The van der Waals surface area contributed by atoms with Crippen molar-refractivity contribution in [3.8, 4) is 0 Å². The topological polar surface area (TPSA) is 20.2 Å². The second kappa shape index (κ2) is 4.31. The third kappa shape index (κ3) is 2.71. The van der Waals surface area contributed by atoms with E-state index in [0.29, 0.717) is 0 Å². The van der Waals surface area contributed by atoms with E-state index in [9.17, 15) is 5.11 Å². The molecular weight excluding hydrogens is 172 g/mol. The van der Waals surface area contributed by atoms with E-state index < -0.39 is 0 Å². The van der Waals surface area contributed by atoms with Crippen LogP contribution in [0.4, 0.5) is 0 Å². The zero-order valence-electron chi connectivity index (χ0n) is 9.80. The van der Waals surface area contributed by atoms with Gasteiger partial charge in [-0.3, -0.25) is 0 Å². The van der Waals surface area contributed by atoms with Gasteiger partial charge < -0.3 is 5.11 Å². The van der Waals surface area contributed by atoms with Gasteiger partial charge >= 0.3 is 0 Å². The Kier molecular flexibility index (Phi) is 3.54. The summed E-state index contributed by atoms with van der Waals surface area (Å²) >= 11 is 0. The summed E-state index contributed by atoms with van der Waals surface area (Å²) in [5.41, 5.74) is 3.10. The maximum atomic E-state index is 9.28. The molecule has 0 amide bonds. The molecule has 80 valence electrons. The molecule has 0 aliphatic heterocycles. The van der Waals surface area contributed by atoms with Crippen molar-refractivity contribution in [2.45, 2.75) is 53.1 Å². The fourth-order valence-corrected chi connectivity index (χ4v) is 2.15. The molecule has 1 aliphatic rings. The van der Waals surface area contributed by atoms with E-state index in [1.54, 1.807) is 0 Å². The molecule has 1 nitrogen and oxygen atoms in total. The monoisotopic (exact) mass is 194 g/mol. The molecular formula is C13H22O. The second-order valence-corrected chi connectivity index (χ2v) is 5.01. The molecule has 0 saturated carbocycles. The van der Waals surface area contributed by atoms with Crippen molar-refractivity contribution in [2.24, 2.45) is 5.41 Å². The summed E-state index contributed by atoms with van der Waals surface area (Å²) < 4.78 is 0. The molecule has 1 aliphatic carbocycles. The minimum Gasteiger partial charge on any atom is -0.393 e. The number of rotatable bonds is 2. The summed E-state index contributed by atoms with van der Waals surface area (Å²) in [5, 5.41) is 9.28. The van der Waals surface area contributed by atoms with Crippen molar-refractivity contribution in [3.05, 3.63) is 23.3 Å². The van der Waals surface area contributed by atoms with E-state index in [0.717, 1.165) is 6.42 Å². The van der Waals surface area contributed by atoms with Crippen LogP contribution < -0.4 is 0 Å². The molecule has 0 fully saturated rings. The van der Waals surface area contributed by atoms with Crippen molar-refractivity contribution in [1.82, 2.24) is 0 Å². The molecule has 0 saturated heterocycles. The maximum Gasteiger partial charge on any atom is 0.0546 e. The van der Waals surface area contributed by atoms with Gasteiger partial charge in [-0.2, -0.15) is 0 Å². The molecule has 1 unspecified atom stereocenters. The Balaban J connectivity index is 2.85. The third-order valence-electron chi connectivity index (χ3n) is 3.04. The molecule has 1 rings (SSSR count). The van der Waals surface area contributed by atoms with Gasteiger partial charge in [0.25, 0.3) is 0 Å². The first-order valence-electron chi connectivity index (χ1n) is 5.49. The van der Waals surface area contributed by atoms with Crippen molar-refractivity contribution in [3.63, 3.8) is 0 Å². The van der Waals surface area contributed by atoms with Gasteiger partial charge in [0.15, 0.2) is 0 Å². The molecule has 0 spiro atoms. The molecule has 0 aromatic carbocycles.